The lowest BCUT2D eigenvalue weighted by Crippen LogP contribution is -2.32. The molecule has 1 aliphatic heterocycles. The number of anilines is 2. The maximum atomic E-state index is 12.7. The molecule has 0 bridgehead atoms. The van der Waals surface area contributed by atoms with Crippen LogP contribution in [0, 0.1) is 5.92 Å². The van der Waals surface area contributed by atoms with Crippen molar-refractivity contribution in [1.82, 2.24) is 19.9 Å². The summed E-state index contributed by atoms with van der Waals surface area (Å²) in [6.07, 6.45) is 3.84. The smallest absolute Gasteiger partial charge is 0.208 e. The van der Waals surface area contributed by atoms with E-state index in [1.54, 1.807) is 6.20 Å². The summed E-state index contributed by atoms with van der Waals surface area (Å²) >= 11 is 0. The van der Waals surface area contributed by atoms with Crippen molar-refractivity contribution < 1.29 is 9.53 Å². The average molecular weight is 498 g/mol. The molecule has 0 amide bonds. The average Bonchev–Trinajstić information content (AvgIpc) is 3.18. The normalized spacial score (nSPS) is 14.6. The number of carbonyl (C=O) groups is 1. The van der Waals surface area contributed by atoms with Crippen molar-refractivity contribution in [3.63, 3.8) is 0 Å². The molecule has 1 aliphatic rings. The van der Waals surface area contributed by atoms with Crippen LogP contribution in [0.3, 0.4) is 0 Å². The van der Waals surface area contributed by atoms with Crippen LogP contribution in [0.4, 0.5) is 11.6 Å². The van der Waals surface area contributed by atoms with Crippen LogP contribution in [0.2, 0.25) is 0 Å². The van der Waals surface area contributed by atoms with Gasteiger partial charge >= 0.3 is 0 Å². The Morgan fingerprint density at radius 3 is 2.65 bits per heavy atom. The van der Waals surface area contributed by atoms with Gasteiger partial charge in [-0.15, -0.1) is 0 Å². The summed E-state index contributed by atoms with van der Waals surface area (Å²) in [5, 5.41) is 6.77. The molecule has 7 heteroatoms. The molecule has 0 aliphatic carbocycles. The van der Waals surface area contributed by atoms with Gasteiger partial charge in [0, 0.05) is 43.4 Å². The molecule has 2 aromatic heterocycles. The fraction of sp³-hybridized carbons (Fsp3) is 0.367. The first-order chi connectivity index (χ1) is 17.8. The van der Waals surface area contributed by atoms with Crippen LogP contribution in [0.1, 0.15) is 44.9 Å². The van der Waals surface area contributed by atoms with Gasteiger partial charge in [-0.1, -0.05) is 32.9 Å². The topological polar surface area (TPSA) is 81.1 Å². The Balaban J connectivity index is 1.31. The van der Waals surface area contributed by atoms with Crippen LogP contribution in [0.5, 0.6) is 11.5 Å². The molecule has 1 fully saturated rings. The highest BCUT2D eigenvalue weighted by molar-refractivity contribution is 5.83. The van der Waals surface area contributed by atoms with Gasteiger partial charge in [-0.05, 0) is 67.2 Å². The maximum Gasteiger partial charge on any atom is 0.208 e. The van der Waals surface area contributed by atoms with Crippen LogP contribution in [-0.4, -0.2) is 33.4 Å². The Morgan fingerprint density at radius 1 is 1.08 bits per heavy atom. The molecule has 192 valence electrons. The molecule has 5 rings (SSSR count). The number of aryl methyl sites for hydroxylation is 1. The third-order valence-electron chi connectivity index (χ3n) is 7.01. The number of benzene rings is 2. The number of aromatic nitrogens is 3. The molecule has 3 heterocycles. The Morgan fingerprint density at radius 2 is 1.86 bits per heavy atom. The van der Waals surface area contributed by atoms with Gasteiger partial charge in [-0.2, -0.15) is 0 Å². The van der Waals surface area contributed by atoms with E-state index in [0.29, 0.717) is 17.9 Å². The maximum absolute atomic E-state index is 12.7. The molecular formula is C30H35N5O2. The predicted octanol–water partition coefficient (Wildman–Crippen LogP) is 5.91. The predicted molar refractivity (Wildman–Crippen MR) is 148 cm³/mol. The van der Waals surface area contributed by atoms with Crippen LogP contribution >= 0.6 is 0 Å². The molecule has 1 saturated heterocycles. The van der Waals surface area contributed by atoms with E-state index in [1.807, 2.05) is 41.9 Å². The fourth-order valence-electron chi connectivity index (χ4n) is 4.77. The van der Waals surface area contributed by atoms with Crippen LogP contribution in [0.25, 0.3) is 11.0 Å². The zero-order valence-corrected chi connectivity index (χ0v) is 22.0. The summed E-state index contributed by atoms with van der Waals surface area (Å²) < 4.78 is 8.19. The van der Waals surface area contributed by atoms with Crippen molar-refractivity contribution in [2.45, 2.75) is 45.4 Å². The standard InChI is InChI=1S/C30H35N5O2/c1-30(2,3)21-6-5-7-22(16-21)33-29-34-26-19-24(8-9-27(26)35(29)4)37-25-12-15-32-23(17-25)18-28(36)20-10-13-31-14-11-20/h5-9,12,15-17,19-20,31H,10-11,13-14,18H2,1-4H3,(H,33,34). The number of piperidine rings is 1. The summed E-state index contributed by atoms with van der Waals surface area (Å²) in [4.78, 5) is 21.9. The first kappa shape index (κ1) is 25.0. The second-order valence-electron chi connectivity index (χ2n) is 10.9. The minimum absolute atomic E-state index is 0.0732. The largest absolute Gasteiger partial charge is 0.457 e. The minimum Gasteiger partial charge on any atom is -0.457 e. The van der Waals surface area contributed by atoms with Gasteiger partial charge in [-0.3, -0.25) is 9.78 Å². The lowest BCUT2D eigenvalue weighted by atomic mass is 9.87. The van der Waals surface area contributed by atoms with Gasteiger partial charge in [0.1, 0.15) is 17.3 Å². The van der Waals surface area contributed by atoms with Gasteiger partial charge in [0.2, 0.25) is 5.95 Å². The van der Waals surface area contributed by atoms with Gasteiger partial charge in [0.05, 0.1) is 16.7 Å². The number of imidazole rings is 1. The third kappa shape index (κ3) is 5.83. The van der Waals surface area contributed by atoms with Crippen molar-refractivity contribution in [3.8, 4) is 11.5 Å². The van der Waals surface area contributed by atoms with Crippen molar-refractivity contribution >= 4 is 28.5 Å². The van der Waals surface area contributed by atoms with Gasteiger partial charge in [0.25, 0.3) is 0 Å². The number of hydrogen-bond acceptors (Lipinski definition) is 6. The number of ketones is 1. The summed E-state index contributed by atoms with van der Waals surface area (Å²) in [6, 6.07) is 18.0. The van der Waals surface area contributed by atoms with Crippen LogP contribution < -0.4 is 15.4 Å². The number of nitrogens with one attached hydrogen (secondary N) is 2. The van der Waals surface area contributed by atoms with E-state index in [-0.39, 0.29) is 17.1 Å². The second kappa shape index (κ2) is 10.3. The zero-order chi connectivity index (χ0) is 26.0. The molecule has 0 unspecified atom stereocenters. The molecular weight excluding hydrogens is 462 g/mol. The SMILES string of the molecule is Cn1c(Nc2cccc(C(C)(C)C)c2)nc2cc(Oc3ccnc(CC(=O)C4CCNCC4)c3)ccc21. The van der Waals surface area contributed by atoms with Crippen molar-refractivity contribution in [3.05, 3.63) is 72.1 Å². The molecule has 4 aromatic rings. The van der Waals surface area contributed by atoms with E-state index >= 15 is 0 Å². The highest BCUT2D eigenvalue weighted by atomic mass is 16.5. The molecule has 0 radical (unpaired) electrons. The highest BCUT2D eigenvalue weighted by Crippen LogP contribution is 2.30. The molecule has 0 atom stereocenters. The second-order valence-corrected chi connectivity index (χ2v) is 10.9. The van der Waals surface area contributed by atoms with E-state index in [4.69, 9.17) is 9.72 Å². The molecule has 2 aromatic carbocycles. The Kier molecular flexibility index (Phi) is 6.98. The first-order valence-corrected chi connectivity index (χ1v) is 13.0. The number of hydrogen-bond donors (Lipinski definition) is 2. The molecule has 2 N–H and O–H groups in total. The quantitative estimate of drug-likeness (QED) is 0.330. The van der Waals surface area contributed by atoms with Crippen molar-refractivity contribution in [2.24, 2.45) is 13.0 Å². The van der Waals surface area contributed by atoms with E-state index in [2.05, 4.69) is 60.7 Å². The minimum atomic E-state index is 0.0732. The summed E-state index contributed by atoms with van der Waals surface area (Å²) in [6.45, 7) is 8.44. The number of rotatable bonds is 7. The molecule has 7 nitrogen and oxygen atoms in total. The van der Waals surface area contributed by atoms with Gasteiger partial charge in [-0.25, -0.2) is 4.98 Å². The lowest BCUT2D eigenvalue weighted by molar-refractivity contribution is -0.123. The summed E-state index contributed by atoms with van der Waals surface area (Å²) in [7, 11) is 2.00. The lowest BCUT2D eigenvalue weighted by Gasteiger charge is -2.21. The number of Topliss-reactive ketones (excluding diaryl/α,β-unsaturated/α-hetero) is 1. The Hall–Kier alpha value is -3.71. The number of ether oxygens (including phenoxy) is 1. The fourth-order valence-corrected chi connectivity index (χ4v) is 4.77. The summed E-state index contributed by atoms with van der Waals surface area (Å²) in [5.41, 5.74) is 4.93. The Labute approximate surface area is 218 Å². The molecule has 0 spiro atoms. The Bertz CT molecular complexity index is 1410. The number of nitrogens with zero attached hydrogens (tertiary/aromatic N) is 3. The van der Waals surface area contributed by atoms with Crippen LogP contribution in [0.15, 0.2) is 60.8 Å². The van der Waals surface area contributed by atoms with Gasteiger partial charge in [0.15, 0.2) is 0 Å². The molecule has 0 saturated carbocycles. The van der Waals surface area contributed by atoms with Crippen LogP contribution in [-0.2, 0) is 23.7 Å². The van der Waals surface area contributed by atoms with E-state index in [9.17, 15) is 4.79 Å². The monoisotopic (exact) mass is 497 g/mol. The van der Waals surface area contributed by atoms with Crippen molar-refractivity contribution in [2.75, 3.05) is 18.4 Å². The summed E-state index contributed by atoms with van der Waals surface area (Å²) in [5.74, 6) is 2.50. The van der Waals surface area contributed by atoms with E-state index in [0.717, 1.165) is 54.3 Å². The third-order valence-corrected chi connectivity index (χ3v) is 7.01. The van der Waals surface area contributed by atoms with Crippen molar-refractivity contribution in [1.29, 1.82) is 0 Å². The molecule has 37 heavy (non-hydrogen) atoms. The zero-order valence-electron chi connectivity index (χ0n) is 22.0. The van der Waals surface area contributed by atoms with Gasteiger partial charge < -0.3 is 19.9 Å². The number of fused-ring (bicyclic) bond motifs is 1. The number of carbonyl (C=O) groups excluding carboxylic acids is 1. The highest BCUT2D eigenvalue weighted by Gasteiger charge is 2.21. The first-order valence-electron chi connectivity index (χ1n) is 13.0. The van der Waals surface area contributed by atoms with E-state index in [1.165, 1.54) is 5.56 Å². The number of pyridine rings is 1. The van der Waals surface area contributed by atoms with E-state index < -0.39 is 0 Å².